The summed E-state index contributed by atoms with van der Waals surface area (Å²) < 4.78 is 5.46. The molecule has 1 N–H and O–H groups in total. The minimum absolute atomic E-state index is 0.294. The summed E-state index contributed by atoms with van der Waals surface area (Å²) in [4.78, 5) is 4.64. The Balaban J connectivity index is 1.65. The highest BCUT2D eigenvalue weighted by molar-refractivity contribution is 5.00. The highest BCUT2D eigenvalue weighted by Crippen LogP contribution is 2.34. The lowest BCUT2D eigenvalue weighted by Gasteiger charge is -2.23. The normalized spacial score (nSPS) is 33.5. The van der Waals surface area contributed by atoms with Crippen LogP contribution in [0, 0.1) is 5.92 Å². The van der Waals surface area contributed by atoms with Crippen molar-refractivity contribution in [3.05, 3.63) is 11.7 Å². The van der Waals surface area contributed by atoms with E-state index < -0.39 is 0 Å². The average Bonchev–Trinajstić information content (AvgIpc) is 2.90. The van der Waals surface area contributed by atoms with Crippen LogP contribution in [-0.4, -0.2) is 16.7 Å². The fourth-order valence-corrected chi connectivity index (χ4v) is 3.14. The van der Waals surface area contributed by atoms with Gasteiger partial charge in [0.25, 0.3) is 0 Å². The second kappa shape index (κ2) is 5.39. The Labute approximate surface area is 109 Å². The third kappa shape index (κ3) is 2.58. The van der Waals surface area contributed by atoms with Crippen molar-refractivity contribution in [2.45, 2.75) is 63.8 Å². The van der Waals surface area contributed by atoms with Gasteiger partial charge in [-0.25, -0.2) is 0 Å². The second-order valence-corrected chi connectivity index (χ2v) is 5.95. The summed E-state index contributed by atoms with van der Waals surface area (Å²) in [6.45, 7) is 3.41. The molecule has 1 aromatic rings. The molecule has 2 heterocycles. The third-order valence-electron chi connectivity index (χ3n) is 4.45. The molecule has 100 valence electrons. The lowest BCUT2D eigenvalue weighted by Crippen LogP contribution is -2.27. The van der Waals surface area contributed by atoms with Crippen LogP contribution in [0.25, 0.3) is 0 Å². The highest BCUT2D eigenvalue weighted by Gasteiger charge is 2.26. The fraction of sp³-hybridized carbons (Fsp3) is 0.857. The lowest BCUT2D eigenvalue weighted by atomic mass is 9.83. The van der Waals surface area contributed by atoms with Gasteiger partial charge in [0, 0.05) is 5.92 Å². The minimum Gasteiger partial charge on any atom is -0.338 e. The first-order valence-electron chi connectivity index (χ1n) is 7.40. The van der Waals surface area contributed by atoms with Crippen LogP contribution in [-0.2, 0) is 0 Å². The maximum Gasteiger partial charge on any atom is 0.243 e. The smallest absolute Gasteiger partial charge is 0.243 e. The number of hydrogen-bond acceptors (Lipinski definition) is 4. The molecule has 1 saturated carbocycles. The topological polar surface area (TPSA) is 51.0 Å². The summed E-state index contributed by atoms with van der Waals surface area (Å²) in [7, 11) is 0. The zero-order valence-corrected chi connectivity index (χ0v) is 11.2. The van der Waals surface area contributed by atoms with Crippen molar-refractivity contribution in [1.82, 2.24) is 15.5 Å². The predicted molar refractivity (Wildman–Crippen MR) is 69.3 cm³/mol. The molecule has 3 rings (SSSR count). The Morgan fingerprint density at radius 1 is 1.11 bits per heavy atom. The molecule has 1 unspecified atom stereocenters. The quantitative estimate of drug-likeness (QED) is 0.874. The van der Waals surface area contributed by atoms with Crippen LogP contribution in [0.5, 0.6) is 0 Å². The molecule has 1 atom stereocenters. The number of hydrogen-bond donors (Lipinski definition) is 1. The molecule has 0 radical (unpaired) electrons. The van der Waals surface area contributed by atoms with Crippen LogP contribution in [0.2, 0.25) is 0 Å². The van der Waals surface area contributed by atoms with E-state index in [9.17, 15) is 0 Å². The summed E-state index contributed by atoms with van der Waals surface area (Å²) in [5, 5.41) is 7.68. The van der Waals surface area contributed by atoms with Gasteiger partial charge in [-0.05, 0) is 38.1 Å². The van der Waals surface area contributed by atoms with E-state index in [1.165, 1.54) is 38.5 Å². The van der Waals surface area contributed by atoms with Gasteiger partial charge in [-0.2, -0.15) is 4.98 Å². The van der Waals surface area contributed by atoms with Crippen LogP contribution in [0.4, 0.5) is 0 Å². The van der Waals surface area contributed by atoms with E-state index in [4.69, 9.17) is 4.52 Å². The Kier molecular flexibility index (Phi) is 3.64. The van der Waals surface area contributed by atoms with E-state index in [0.29, 0.717) is 12.0 Å². The van der Waals surface area contributed by atoms with Crippen molar-refractivity contribution in [1.29, 1.82) is 0 Å². The molecule has 1 aliphatic heterocycles. The fourth-order valence-electron chi connectivity index (χ4n) is 3.14. The van der Waals surface area contributed by atoms with E-state index in [0.717, 1.165) is 30.6 Å². The summed E-state index contributed by atoms with van der Waals surface area (Å²) in [6, 6.07) is 0.294. The molecular formula is C14H23N3O. The van der Waals surface area contributed by atoms with Gasteiger partial charge in [-0.3, -0.25) is 0 Å². The zero-order chi connectivity index (χ0) is 12.4. The first-order chi connectivity index (χ1) is 8.83. The second-order valence-electron chi connectivity index (χ2n) is 5.95. The molecule has 2 aliphatic rings. The van der Waals surface area contributed by atoms with E-state index in [1.54, 1.807) is 0 Å². The van der Waals surface area contributed by atoms with Crippen LogP contribution in [0.1, 0.15) is 75.5 Å². The summed E-state index contributed by atoms with van der Waals surface area (Å²) in [6.07, 6.45) is 8.70. The van der Waals surface area contributed by atoms with E-state index in [2.05, 4.69) is 22.4 Å². The number of rotatable bonds is 2. The van der Waals surface area contributed by atoms with Gasteiger partial charge in [0.1, 0.15) is 0 Å². The molecular weight excluding hydrogens is 226 g/mol. The van der Waals surface area contributed by atoms with Crippen molar-refractivity contribution in [2.75, 3.05) is 6.54 Å². The molecule has 0 spiro atoms. The summed E-state index contributed by atoms with van der Waals surface area (Å²) in [5.74, 6) is 3.16. The largest absolute Gasteiger partial charge is 0.338 e. The van der Waals surface area contributed by atoms with Crippen LogP contribution >= 0.6 is 0 Å². The molecule has 4 nitrogen and oxygen atoms in total. The number of aromatic nitrogens is 2. The van der Waals surface area contributed by atoms with E-state index in [1.807, 2.05) is 0 Å². The van der Waals surface area contributed by atoms with Gasteiger partial charge in [0.05, 0.1) is 6.04 Å². The first-order valence-corrected chi connectivity index (χ1v) is 7.40. The number of piperidine rings is 1. The standard InChI is InChI=1S/C14H23N3O/c1-10-5-7-11(8-6-10)13-16-14(18-17-13)12-4-2-3-9-15-12/h10-12,15H,2-9H2,1H3. The number of nitrogens with zero attached hydrogens (tertiary/aromatic N) is 2. The maximum absolute atomic E-state index is 5.46. The molecule has 1 saturated heterocycles. The van der Waals surface area contributed by atoms with Gasteiger partial charge in [0.15, 0.2) is 5.82 Å². The molecule has 0 amide bonds. The van der Waals surface area contributed by atoms with E-state index in [-0.39, 0.29) is 0 Å². The van der Waals surface area contributed by atoms with Crippen molar-refractivity contribution in [2.24, 2.45) is 5.92 Å². The summed E-state index contributed by atoms with van der Waals surface area (Å²) >= 11 is 0. The van der Waals surface area contributed by atoms with Gasteiger partial charge in [-0.15, -0.1) is 0 Å². The lowest BCUT2D eigenvalue weighted by molar-refractivity contribution is 0.290. The van der Waals surface area contributed by atoms with Crippen molar-refractivity contribution < 1.29 is 4.52 Å². The average molecular weight is 249 g/mol. The Bertz CT molecular complexity index is 376. The van der Waals surface area contributed by atoms with Crippen molar-refractivity contribution in [3.63, 3.8) is 0 Å². The van der Waals surface area contributed by atoms with Crippen LogP contribution < -0.4 is 5.32 Å². The Morgan fingerprint density at radius 3 is 2.67 bits per heavy atom. The Morgan fingerprint density at radius 2 is 1.94 bits per heavy atom. The van der Waals surface area contributed by atoms with Gasteiger partial charge in [0.2, 0.25) is 5.89 Å². The molecule has 1 aromatic heterocycles. The van der Waals surface area contributed by atoms with Gasteiger partial charge < -0.3 is 9.84 Å². The van der Waals surface area contributed by atoms with E-state index >= 15 is 0 Å². The van der Waals surface area contributed by atoms with Gasteiger partial charge in [-0.1, -0.05) is 31.3 Å². The highest BCUT2D eigenvalue weighted by atomic mass is 16.5. The first kappa shape index (κ1) is 12.2. The van der Waals surface area contributed by atoms with Crippen molar-refractivity contribution in [3.8, 4) is 0 Å². The third-order valence-corrected chi connectivity index (χ3v) is 4.45. The molecule has 2 fully saturated rings. The Hall–Kier alpha value is -0.900. The molecule has 0 aromatic carbocycles. The van der Waals surface area contributed by atoms with Crippen LogP contribution in [0.15, 0.2) is 4.52 Å². The van der Waals surface area contributed by atoms with Crippen molar-refractivity contribution >= 4 is 0 Å². The zero-order valence-electron chi connectivity index (χ0n) is 11.2. The molecule has 18 heavy (non-hydrogen) atoms. The SMILES string of the molecule is CC1CCC(c2noc(C3CCCCN3)n2)CC1. The molecule has 1 aliphatic carbocycles. The monoisotopic (exact) mass is 249 g/mol. The molecule has 0 bridgehead atoms. The van der Waals surface area contributed by atoms with Crippen LogP contribution in [0.3, 0.4) is 0 Å². The number of nitrogens with one attached hydrogen (secondary N) is 1. The summed E-state index contributed by atoms with van der Waals surface area (Å²) in [5.41, 5.74) is 0. The minimum atomic E-state index is 0.294. The predicted octanol–water partition coefficient (Wildman–Crippen LogP) is 3.18. The van der Waals surface area contributed by atoms with Gasteiger partial charge >= 0.3 is 0 Å². The molecule has 4 heteroatoms. The maximum atomic E-state index is 5.46.